The van der Waals surface area contributed by atoms with Gasteiger partial charge in [0.25, 0.3) is 5.56 Å². The van der Waals surface area contributed by atoms with Crippen molar-refractivity contribution in [2.75, 3.05) is 5.75 Å². The second-order valence-corrected chi connectivity index (χ2v) is 3.89. The average Bonchev–Trinajstić information content (AvgIpc) is 2.11. The predicted octanol–water partition coefficient (Wildman–Crippen LogP) is 1.47. The molecular formula is C9H11N3OS. The molecular weight excluding hydrogens is 198 g/mol. The first-order valence-electron chi connectivity index (χ1n) is 4.30. The van der Waals surface area contributed by atoms with E-state index in [0.717, 1.165) is 17.9 Å². The van der Waals surface area contributed by atoms with Gasteiger partial charge in [-0.1, -0.05) is 11.8 Å². The molecule has 4 nitrogen and oxygen atoms in total. The maximum atomic E-state index is 11.0. The summed E-state index contributed by atoms with van der Waals surface area (Å²) in [7, 11) is 0. The summed E-state index contributed by atoms with van der Waals surface area (Å²) >= 11 is 1.47. The number of rotatable bonds is 4. The van der Waals surface area contributed by atoms with Crippen LogP contribution in [0.1, 0.15) is 18.5 Å². The van der Waals surface area contributed by atoms with Gasteiger partial charge in [-0.25, -0.2) is 4.98 Å². The molecule has 1 heterocycles. The number of unbranched alkanes of at least 4 members (excludes halogenated alkanes) is 1. The van der Waals surface area contributed by atoms with Gasteiger partial charge in [0, 0.05) is 23.9 Å². The predicted molar refractivity (Wildman–Crippen MR) is 55.2 cm³/mol. The molecule has 0 aliphatic carbocycles. The zero-order chi connectivity index (χ0) is 10.4. The number of nitrogens with one attached hydrogen (secondary N) is 1. The Kier molecular flexibility index (Phi) is 4.20. The molecule has 0 fully saturated rings. The molecule has 0 saturated carbocycles. The Bertz CT molecular complexity index is 394. The van der Waals surface area contributed by atoms with E-state index in [1.807, 2.05) is 0 Å². The maximum absolute atomic E-state index is 11.0. The van der Waals surface area contributed by atoms with Gasteiger partial charge in [-0.2, -0.15) is 5.26 Å². The zero-order valence-electron chi connectivity index (χ0n) is 7.91. The van der Waals surface area contributed by atoms with Crippen molar-refractivity contribution in [2.24, 2.45) is 0 Å². The van der Waals surface area contributed by atoms with Crippen LogP contribution in [0.2, 0.25) is 0 Å². The van der Waals surface area contributed by atoms with E-state index in [9.17, 15) is 4.79 Å². The molecule has 14 heavy (non-hydrogen) atoms. The molecule has 0 aliphatic rings. The molecule has 1 aromatic heterocycles. The van der Waals surface area contributed by atoms with Crippen LogP contribution in [0.4, 0.5) is 0 Å². The Morgan fingerprint density at radius 3 is 3.14 bits per heavy atom. The molecule has 0 radical (unpaired) electrons. The Morgan fingerprint density at radius 1 is 1.71 bits per heavy atom. The normalized spacial score (nSPS) is 9.71. The maximum Gasteiger partial charge on any atom is 0.251 e. The third-order valence-electron chi connectivity index (χ3n) is 1.52. The molecule has 1 rings (SSSR count). The number of hydrogen-bond donors (Lipinski definition) is 1. The quantitative estimate of drug-likeness (QED) is 0.463. The highest BCUT2D eigenvalue weighted by Gasteiger charge is 1.98. The van der Waals surface area contributed by atoms with E-state index in [4.69, 9.17) is 5.26 Å². The van der Waals surface area contributed by atoms with Crippen molar-refractivity contribution in [1.82, 2.24) is 9.97 Å². The summed E-state index contributed by atoms with van der Waals surface area (Å²) in [5, 5.41) is 8.95. The Labute approximate surface area is 86.4 Å². The summed E-state index contributed by atoms with van der Waals surface area (Å²) in [6.07, 6.45) is 1.36. The van der Waals surface area contributed by atoms with Crippen LogP contribution in [0.15, 0.2) is 16.0 Å². The van der Waals surface area contributed by atoms with Gasteiger partial charge in [0.15, 0.2) is 5.16 Å². The fourth-order valence-corrected chi connectivity index (χ4v) is 1.80. The highest BCUT2D eigenvalue weighted by molar-refractivity contribution is 7.99. The van der Waals surface area contributed by atoms with E-state index in [2.05, 4.69) is 16.0 Å². The van der Waals surface area contributed by atoms with Crippen LogP contribution in [0.3, 0.4) is 0 Å². The van der Waals surface area contributed by atoms with Crippen molar-refractivity contribution in [2.45, 2.75) is 24.9 Å². The fourth-order valence-electron chi connectivity index (χ4n) is 0.940. The average molecular weight is 209 g/mol. The third kappa shape index (κ3) is 3.62. The van der Waals surface area contributed by atoms with Crippen LogP contribution < -0.4 is 5.56 Å². The monoisotopic (exact) mass is 209 g/mol. The van der Waals surface area contributed by atoms with Gasteiger partial charge in [-0.15, -0.1) is 0 Å². The van der Waals surface area contributed by atoms with Crippen LogP contribution in [-0.4, -0.2) is 15.7 Å². The molecule has 74 valence electrons. The highest BCUT2D eigenvalue weighted by atomic mass is 32.2. The molecule has 0 amide bonds. The number of hydrogen-bond acceptors (Lipinski definition) is 4. The van der Waals surface area contributed by atoms with Gasteiger partial charge in [-0.05, 0) is 13.3 Å². The third-order valence-corrected chi connectivity index (χ3v) is 2.48. The van der Waals surface area contributed by atoms with Gasteiger partial charge in [-0.3, -0.25) is 4.79 Å². The lowest BCUT2D eigenvalue weighted by Crippen LogP contribution is -2.08. The van der Waals surface area contributed by atoms with Crippen LogP contribution in [-0.2, 0) is 0 Å². The van der Waals surface area contributed by atoms with Crippen molar-refractivity contribution >= 4 is 11.8 Å². The first-order chi connectivity index (χ1) is 6.72. The summed E-state index contributed by atoms with van der Waals surface area (Å²) in [5.41, 5.74) is 0.594. The number of aryl methyl sites for hydroxylation is 1. The molecule has 5 heteroatoms. The zero-order valence-corrected chi connectivity index (χ0v) is 8.73. The number of nitriles is 1. The molecule has 1 N–H and O–H groups in total. The molecule has 0 unspecified atom stereocenters. The van der Waals surface area contributed by atoms with E-state index >= 15 is 0 Å². The lowest BCUT2D eigenvalue weighted by Gasteiger charge is -1.99. The van der Waals surface area contributed by atoms with Crippen molar-refractivity contribution in [1.29, 1.82) is 5.26 Å². The molecule has 0 atom stereocenters. The van der Waals surface area contributed by atoms with Crippen molar-refractivity contribution in [3.8, 4) is 6.07 Å². The molecule has 0 saturated heterocycles. The van der Waals surface area contributed by atoms with Gasteiger partial charge in [0.05, 0.1) is 6.07 Å². The van der Waals surface area contributed by atoms with Crippen LogP contribution in [0.25, 0.3) is 0 Å². The van der Waals surface area contributed by atoms with E-state index < -0.39 is 0 Å². The van der Waals surface area contributed by atoms with Crippen molar-refractivity contribution in [3.05, 3.63) is 22.1 Å². The van der Waals surface area contributed by atoms with Crippen molar-refractivity contribution < 1.29 is 0 Å². The van der Waals surface area contributed by atoms with E-state index in [1.54, 1.807) is 6.92 Å². The van der Waals surface area contributed by atoms with Crippen LogP contribution in [0.5, 0.6) is 0 Å². The summed E-state index contributed by atoms with van der Waals surface area (Å²) in [5.74, 6) is 0.806. The lowest BCUT2D eigenvalue weighted by molar-refractivity contribution is 0.898. The summed E-state index contributed by atoms with van der Waals surface area (Å²) in [4.78, 5) is 17.8. The SMILES string of the molecule is Cc1cc(=O)[nH]c(SCCCC#N)n1. The second kappa shape index (κ2) is 5.45. The topological polar surface area (TPSA) is 69.5 Å². The fraction of sp³-hybridized carbons (Fsp3) is 0.444. The second-order valence-electron chi connectivity index (χ2n) is 2.80. The number of aromatic amines is 1. The van der Waals surface area contributed by atoms with E-state index in [-0.39, 0.29) is 5.56 Å². The largest absolute Gasteiger partial charge is 0.301 e. The standard InChI is InChI=1S/C9H11N3OS/c1-7-6-8(13)12-9(11-7)14-5-3-2-4-10/h6H,2-3,5H2,1H3,(H,11,12,13). The first kappa shape index (κ1) is 10.8. The van der Waals surface area contributed by atoms with Gasteiger partial charge < -0.3 is 4.98 Å². The van der Waals surface area contributed by atoms with Crippen LogP contribution >= 0.6 is 11.8 Å². The van der Waals surface area contributed by atoms with Gasteiger partial charge in [0.1, 0.15) is 0 Å². The summed E-state index contributed by atoms with van der Waals surface area (Å²) < 4.78 is 0. The van der Waals surface area contributed by atoms with Gasteiger partial charge in [0.2, 0.25) is 0 Å². The molecule has 0 aromatic carbocycles. The number of aromatic nitrogens is 2. The minimum atomic E-state index is -0.125. The Hall–Kier alpha value is -1.28. The highest BCUT2D eigenvalue weighted by Crippen LogP contribution is 2.12. The number of H-pyrrole nitrogens is 1. The van der Waals surface area contributed by atoms with Crippen LogP contribution in [0, 0.1) is 18.3 Å². The minimum absolute atomic E-state index is 0.125. The molecule has 1 aromatic rings. The van der Waals surface area contributed by atoms with E-state index in [0.29, 0.717) is 11.6 Å². The van der Waals surface area contributed by atoms with E-state index in [1.165, 1.54) is 17.8 Å². The molecule has 0 spiro atoms. The van der Waals surface area contributed by atoms with Gasteiger partial charge >= 0.3 is 0 Å². The molecule has 0 aliphatic heterocycles. The van der Waals surface area contributed by atoms with Crippen molar-refractivity contribution in [3.63, 3.8) is 0 Å². The smallest absolute Gasteiger partial charge is 0.251 e. The lowest BCUT2D eigenvalue weighted by atomic mass is 10.4. The molecule has 0 bridgehead atoms. The summed E-state index contributed by atoms with van der Waals surface area (Å²) in [6, 6.07) is 3.53. The minimum Gasteiger partial charge on any atom is -0.301 e. The number of thioether (sulfide) groups is 1. The first-order valence-corrected chi connectivity index (χ1v) is 5.28. The Morgan fingerprint density at radius 2 is 2.50 bits per heavy atom. The summed E-state index contributed by atoms with van der Waals surface area (Å²) in [6.45, 7) is 1.79. The Balaban J connectivity index is 2.51. The number of nitrogens with zero attached hydrogens (tertiary/aromatic N) is 2.